The normalized spacial score (nSPS) is 19.5. The molecular formula is C20H22ClFN4O3S. The monoisotopic (exact) mass is 452 g/mol. The number of aromatic carboxylic acids is 1. The van der Waals surface area contributed by atoms with Crippen LogP contribution in [0.1, 0.15) is 29.8 Å². The van der Waals surface area contributed by atoms with Gasteiger partial charge in [-0.2, -0.15) is 0 Å². The molecule has 7 nitrogen and oxygen atoms in total. The highest BCUT2D eigenvalue weighted by Gasteiger charge is 2.29. The summed E-state index contributed by atoms with van der Waals surface area (Å²) in [5, 5.41) is 14.7. The molecule has 0 bridgehead atoms. The number of nitrogens with one attached hydrogen (secondary N) is 1. The number of fused-ring (bicyclic) bond motifs is 3. The predicted octanol–water partition coefficient (Wildman–Crippen LogP) is 3.01. The van der Waals surface area contributed by atoms with Gasteiger partial charge in [0, 0.05) is 55.6 Å². The van der Waals surface area contributed by atoms with Crippen LogP contribution in [0.25, 0.3) is 15.7 Å². The van der Waals surface area contributed by atoms with E-state index in [1.165, 1.54) is 0 Å². The van der Waals surface area contributed by atoms with E-state index in [1.54, 1.807) is 29.2 Å². The van der Waals surface area contributed by atoms with E-state index >= 15 is 4.39 Å². The first-order chi connectivity index (χ1) is 13.8. The van der Waals surface area contributed by atoms with Crippen LogP contribution in [-0.2, 0) is 0 Å². The molecule has 1 aromatic carbocycles. The summed E-state index contributed by atoms with van der Waals surface area (Å²) in [6, 6.07) is 1.49. The second kappa shape index (κ2) is 8.33. The summed E-state index contributed by atoms with van der Waals surface area (Å²) in [5.41, 5.74) is 0.297. The summed E-state index contributed by atoms with van der Waals surface area (Å²) in [6.07, 6.45) is 3.24. The number of thiazole rings is 1. The summed E-state index contributed by atoms with van der Waals surface area (Å²) in [6.45, 7) is 5.28. The lowest BCUT2D eigenvalue weighted by atomic mass is 10.0. The molecule has 0 saturated carbocycles. The van der Waals surface area contributed by atoms with Crippen LogP contribution in [0.15, 0.2) is 27.4 Å². The number of aromatic nitrogens is 1. The Kier molecular flexibility index (Phi) is 6.16. The number of carboxylic acids is 1. The molecule has 0 spiro atoms. The zero-order valence-corrected chi connectivity index (χ0v) is 18.3. The van der Waals surface area contributed by atoms with E-state index in [0.29, 0.717) is 34.7 Å². The molecule has 2 N–H and O–H groups in total. The molecule has 0 radical (unpaired) electrons. The number of pyridine rings is 1. The third-order valence-electron chi connectivity index (χ3n) is 5.14. The number of benzene rings is 1. The van der Waals surface area contributed by atoms with Crippen LogP contribution in [0, 0.1) is 5.82 Å². The number of nitrogens with zero attached hydrogens (tertiary/aromatic N) is 3. The standard InChI is InChI=1S/C20H21FN4O3S.ClH/c1-10-8-24(9-11(2)23-10)17-13(7-22-3)16-12(6-14(17)21)18(26)15(20(27)28)19-25(16)4-5-29-19;/h4-7,10-11,23H,8-9H2,1-3H3,(H,27,28);1H. The highest BCUT2D eigenvalue weighted by atomic mass is 35.5. The van der Waals surface area contributed by atoms with Crippen LogP contribution >= 0.6 is 23.7 Å². The number of aliphatic imine (C=N–C) groups is 1. The van der Waals surface area contributed by atoms with Gasteiger partial charge in [-0.3, -0.25) is 9.79 Å². The van der Waals surface area contributed by atoms with Gasteiger partial charge in [-0.05, 0) is 19.9 Å². The Balaban J connectivity index is 0.00000256. The molecule has 1 saturated heterocycles. The predicted molar refractivity (Wildman–Crippen MR) is 121 cm³/mol. The van der Waals surface area contributed by atoms with Gasteiger partial charge in [0.15, 0.2) is 0 Å². The highest BCUT2D eigenvalue weighted by Crippen LogP contribution is 2.33. The fraction of sp³-hybridized carbons (Fsp3) is 0.350. The quantitative estimate of drug-likeness (QED) is 0.596. The van der Waals surface area contributed by atoms with Gasteiger partial charge in [0.2, 0.25) is 5.43 Å². The molecule has 160 valence electrons. The topological polar surface area (TPSA) is 86.4 Å². The Morgan fingerprint density at radius 2 is 2.03 bits per heavy atom. The maximum Gasteiger partial charge on any atom is 0.342 e. The van der Waals surface area contributed by atoms with Crippen LogP contribution < -0.4 is 15.6 Å². The molecule has 4 rings (SSSR count). The molecule has 3 heterocycles. The Hall–Kier alpha value is -2.49. The number of hydrogen-bond donors (Lipinski definition) is 2. The Morgan fingerprint density at radius 1 is 1.37 bits per heavy atom. The first-order valence-corrected chi connectivity index (χ1v) is 10.2. The van der Waals surface area contributed by atoms with Crippen molar-refractivity contribution in [1.29, 1.82) is 0 Å². The van der Waals surface area contributed by atoms with Crippen molar-refractivity contribution >= 4 is 57.3 Å². The number of carboxylic acid groups (broad SMARTS) is 1. The van der Waals surface area contributed by atoms with Gasteiger partial charge in [-0.15, -0.1) is 23.7 Å². The fourth-order valence-corrected chi connectivity index (χ4v) is 5.10. The first-order valence-electron chi connectivity index (χ1n) is 9.28. The van der Waals surface area contributed by atoms with Crippen molar-refractivity contribution < 1.29 is 14.3 Å². The largest absolute Gasteiger partial charge is 0.477 e. The molecule has 1 fully saturated rings. The van der Waals surface area contributed by atoms with Crippen LogP contribution in [0.2, 0.25) is 0 Å². The van der Waals surface area contributed by atoms with E-state index in [0.717, 1.165) is 17.4 Å². The zero-order chi connectivity index (χ0) is 20.9. The van der Waals surface area contributed by atoms with E-state index in [-0.39, 0.29) is 35.4 Å². The van der Waals surface area contributed by atoms with Gasteiger partial charge < -0.3 is 19.7 Å². The molecule has 1 aliphatic rings. The third kappa shape index (κ3) is 3.46. The van der Waals surface area contributed by atoms with Crippen molar-refractivity contribution in [2.45, 2.75) is 25.9 Å². The molecule has 2 atom stereocenters. The molecule has 1 aliphatic heterocycles. The molecule has 0 amide bonds. The van der Waals surface area contributed by atoms with E-state index in [1.807, 2.05) is 18.7 Å². The lowest BCUT2D eigenvalue weighted by Gasteiger charge is -2.38. The van der Waals surface area contributed by atoms with Crippen molar-refractivity contribution in [3.05, 3.63) is 44.8 Å². The number of piperazine rings is 1. The van der Waals surface area contributed by atoms with Gasteiger partial charge in [0.1, 0.15) is 16.2 Å². The van der Waals surface area contributed by atoms with Gasteiger partial charge in [-0.25, -0.2) is 9.18 Å². The van der Waals surface area contributed by atoms with Gasteiger partial charge in [0.05, 0.1) is 16.6 Å². The molecule has 2 aromatic heterocycles. The maximum absolute atomic E-state index is 15.4. The highest BCUT2D eigenvalue weighted by molar-refractivity contribution is 7.16. The second-order valence-corrected chi connectivity index (χ2v) is 8.26. The molecule has 3 aromatic rings. The maximum atomic E-state index is 15.4. The van der Waals surface area contributed by atoms with Crippen LogP contribution in [0.5, 0.6) is 0 Å². The van der Waals surface area contributed by atoms with E-state index in [4.69, 9.17) is 0 Å². The Morgan fingerprint density at radius 3 is 2.63 bits per heavy atom. The fourth-order valence-electron chi connectivity index (χ4n) is 4.22. The van der Waals surface area contributed by atoms with Crippen molar-refractivity contribution in [2.75, 3.05) is 25.0 Å². The van der Waals surface area contributed by atoms with Crippen molar-refractivity contribution in [3.63, 3.8) is 0 Å². The van der Waals surface area contributed by atoms with Crippen molar-refractivity contribution in [3.8, 4) is 0 Å². The van der Waals surface area contributed by atoms with Gasteiger partial charge >= 0.3 is 5.97 Å². The minimum absolute atomic E-state index is 0. The third-order valence-corrected chi connectivity index (χ3v) is 6.03. The van der Waals surface area contributed by atoms with E-state index in [2.05, 4.69) is 10.3 Å². The SMILES string of the molecule is CN=Cc1c(N2CC(C)NC(C)C2)c(F)cc2c(=O)c(C(=O)O)c3sccn3c12.Cl. The van der Waals surface area contributed by atoms with E-state index in [9.17, 15) is 14.7 Å². The number of halogens is 2. The summed E-state index contributed by atoms with van der Waals surface area (Å²) >= 11 is 1.16. The molecule has 10 heteroatoms. The molecule has 2 unspecified atom stereocenters. The number of carbonyl (C=O) groups is 1. The molecular weight excluding hydrogens is 431 g/mol. The van der Waals surface area contributed by atoms with Crippen molar-refractivity contribution in [2.24, 2.45) is 4.99 Å². The van der Waals surface area contributed by atoms with Crippen molar-refractivity contribution in [1.82, 2.24) is 9.72 Å². The number of rotatable bonds is 3. The average molecular weight is 453 g/mol. The zero-order valence-electron chi connectivity index (χ0n) is 16.7. The van der Waals surface area contributed by atoms with E-state index < -0.39 is 17.2 Å². The first kappa shape index (κ1) is 22.2. The lowest BCUT2D eigenvalue weighted by Crippen LogP contribution is -2.54. The van der Waals surface area contributed by atoms with Crippen LogP contribution in [0.4, 0.5) is 10.1 Å². The van der Waals surface area contributed by atoms with Gasteiger partial charge in [-0.1, -0.05) is 0 Å². The van der Waals surface area contributed by atoms with Gasteiger partial charge in [0.25, 0.3) is 0 Å². The average Bonchev–Trinajstić information content (AvgIpc) is 3.09. The summed E-state index contributed by atoms with van der Waals surface area (Å²) in [5.74, 6) is -1.88. The van der Waals surface area contributed by atoms with Crippen LogP contribution in [0.3, 0.4) is 0 Å². The lowest BCUT2D eigenvalue weighted by molar-refractivity contribution is 0.0697. The summed E-state index contributed by atoms with van der Waals surface area (Å²) in [4.78, 5) is 31.1. The minimum atomic E-state index is -1.32. The number of hydrogen-bond acceptors (Lipinski definition) is 6. The second-order valence-electron chi connectivity index (χ2n) is 7.37. The Bertz CT molecular complexity index is 1210. The molecule has 30 heavy (non-hydrogen) atoms. The number of anilines is 1. The molecule has 0 aliphatic carbocycles. The summed E-state index contributed by atoms with van der Waals surface area (Å²) in [7, 11) is 1.59. The minimum Gasteiger partial charge on any atom is -0.477 e. The Labute approximate surface area is 182 Å². The van der Waals surface area contributed by atoms with Crippen LogP contribution in [-0.4, -0.2) is 53.9 Å². The summed E-state index contributed by atoms with van der Waals surface area (Å²) < 4.78 is 17.0. The smallest absolute Gasteiger partial charge is 0.342 e.